The molecule has 1 aliphatic carbocycles. The molecule has 1 aromatic carbocycles. The number of amides is 1. The summed E-state index contributed by atoms with van der Waals surface area (Å²) in [5, 5.41) is 7.78. The molecule has 2 fully saturated rings. The van der Waals surface area contributed by atoms with Crippen molar-refractivity contribution < 1.29 is 4.79 Å². The van der Waals surface area contributed by atoms with Gasteiger partial charge in [0.1, 0.15) is 5.82 Å². The van der Waals surface area contributed by atoms with E-state index < -0.39 is 0 Å². The van der Waals surface area contributed by atoms with Crippen LogP contribution in [-0.4, -0.2) is 44.7 Å². The molecule has 0 radical (unpaired) electrons. The van der Waals surface area contributed by atoms with Crippen molar-refractivity contribution in [1.29, 1.82) is 0 Å². The van der Waals surface area contributed by atoms with Crippen LogP contribution in [0.2, 0.25) is 0 Å². The Balaban J connectivity index is 1.36. The highest BCUT2D eigenvalue weighted by Crippen LogP contribution is 2.29. The summed E-state index contributed by atoms with van der Waals surface area (Å²) < 4.78 is 1.99. The van der Waals surface area contributed by atoms with Crippen LogP contribution in [0.4, 0.5) is 0 Å². The summed E-state index contributed by atoms with van der Waals surface area (Å²) in [5.74, 6) is 2.27. The number of aromatic nitrogens is 3. The number of benzene rings is 1. The number of piperidine rings is 1. The molecule has 0 atom stereocenters. The minimum absolute atomic E-state index is 0.261. The molecular weight excluding hydrogens is 314 g/mol. The number of hydrogen-bond acceptors (Lipinski definition) is 4. The molecule has 6 nitrogen and oxygen atoms in total. The summed E-state index contributed by atoms with van der Waals surface area (Å²) in [5.41, 5.74) is 1.09. The zero-order valence-corrected chi connectivity index (χ0v) is 14.7. The lowest BCUT2D eigenvalue weighted by Crippen LogP contribution is -2.45. The topological polar surface area (TPSA) is 63.1 Å². The Bertz CT molecular complexity index is 730. The number of rotatable bonds is 5. The van der Waals surface area contributed by atoms with Gasteiger partial charge in [0, 0.05) is 30.6 Å². The van der Waals surface area contributed by atoms with Gasteiger partial charge in [0.2, 0.25) is 5.91 Å². The molecule has 1 aliphatic heterocycles. The van der Waals surface area contributed by atoms with Crippen molar-refractivity contribution in [2.24, 2.45) is 5.92 Å². The van der Waals surface area contributed by atoms with Crippen LogP contribution in [0, 0.1) is 12.8 Å². The van der Waals surface area contributed by atoms with Gasteiger partial charge in [0.15, 0.2) is 5.82 Å². The summed E-state index contributed by atoms with van der Waals surface area (Å²) in [7, 11) is 0. The molecule has 4 rings (SSSR count). The second-order valence-corrected chi connectivity index (χ2v) is 7.16. The summed E-state index contributed by atoms with van der Waals surface area (Å²) in [6, 6.07) is 10.5. The maximum Gasteiger partial charge on any atom is 0.223 e. The number of nitrogens with zero attached hydrogens (tertiary/aromatic N) is 4. The van der Waals surface area contributed by atoms with Gasteiger partial charge in [-0.15, -0.1) is 0 Å². The van der Waals surface area contributed by atoms with Gasteiger partial charge in [-0.2, -0.15) is 5.10 Å². The van der Waals surface area contributed by atoms with Crippen LogP contribution in [0.25, 0.3) is 11.4 Å². The Kier molecular flexibility index (Phi) is 4.53. The van der Waals surface area contributed by atoms with Gasteiger partial charge in [-0.3, -0.25) is 9.69 Å². The van der Waals surface area contributed by atoms with Gasteiger partial charge in [-0.25, -0.2) is 9.67 Å². The van der Waals surface area contributed by atoms with E-state index in [0.29, 0.717) is 12.0 Å². The highest BCUT2D eigenvalue weighted by atomic mass is 16.2. The summed E-state index contributed by atoms with van der Waals surface area (Å²) in [6.45, 7) is 4.63. The van der Waals surface area contributed by atoms with E-state index in [9.17, 15) is 4.79 Å². The quantitative estimate of drug-likeness (QED) is 0.907. The number of aryl methyl sites for hydroxylation is 1. The highest BCUT2D eigenvalue weighted by molar-refractivity contribution is 5.81. The van der Waals surface area contributed by atoms with Crippen LogP contribution < -0.4 is 5.32 Å². The predicted molar refractivity (Wildman–Crippen MR) is 95.7 cm³/mol. The molecule has 25 heavy (non-hydrogen) atoms. The Hall–Kier alpha value is -2.21. The molecule has 1 amide bonds. The fourth-order valence-electron chi connectivity index (χ4n) is 3.43. The maximum absolute atomic E-state index is 11.9. The third-order valence-electron chi connectivity index (χ3n) is 5.03. The third-order valence-corrected chi connectivity index (χ3v) is 5.03. The van der Waals surface area contributed by atoms with Crippen LogP contribution in [-0.2, 0) is 11.5 Å². The van der Waals surface area contributed by atoms with E-state index in [1.807, 2.05) is 29.8 Å². The molecule has 6 heteroatoms. The first-order chi connectivity index (χ1) is 12.2. The van der Waals surface area contributed by atoms with Crippen molar-refractivity contribution in [2.75, 3.05) is 13.1 Å². The lowest BCUT2D eigenvalue weighted by Gasteiger charge is -2.32. The van der Waals surface area contributed by atoms with Gasteiger partial charge < -0.3 is 5.32 Å². The first kappa shape index (κ1) is 16.3. The zero-order valence-electron chi connectivity index (χ0n) is 14.7. The fraction of sp³-hybridized carbons (Fsp3) is 0.526. The van der Waals surface area contributed by atoms with Gasteiger partial charge in [-0.05, 0) is 32.6 Å². The Labute approximate surface area is 148 Å². The van der Waals surface area contributed by atoms with Crippen LogP contribution >= 0.6 is 0 Å². The average Bonchev–Trinajstić information content (AvgIpc) is 3.41. The molecule has 132 valence electrons. The maximum atomic E-state index is 11.9. The SMILES string of the molecule is Cc1nc(-c2ccccc2)n(CN2CCC(NC(=O)C3CC3)CC2)n1. The number of carbonyl (C=O) groups is 1. The molecule has 0 bridgehead atoms. The normalized spacial score (nSPS) is 19.1. The van der Waals surface area contributed by atoms with E-state index in [2.05, 4.69) is 32.4 Å². The Morgan fingerprint density at radius 2 is 1.88 bits per heavy atom. The van der Waals surface area contributed by atoms with Crippen LogP contribution in [0.15, 0.2) is 30.3 Å². The van der Waals surface area contributed by atoms with Gasteiger partial charge in [-0.1, -0.05) is 30.3 Å². The van der Waals surface area contributed by atoms with E-state index >= 15 is 0 Å². The molecule has 0 spiro atoms. The predicted octanol–water partition coefficient (Wildman–Crippen LogP) is 2.20. The summed E-state index contributed by atoms with van der Waals surface area (Å²) in [4.78, 5) is 18.9. The molecule has 2 heterocycles. The van der Waals surface area contributed by atoms with Crippen LogP contribution in [0.3, 0.4) is 0 Å². The van der Waals surface area contributed by atoms with E-state index in [-0.39, 0.29) is 5.91 Å². The molecule has 0 unspecified atom stereocenters. The number of carbonyl (C=O) groups excluding carboxylic acids is 1. The number of likely N-dealkylation sites (tertiary alicyclic amines) is 1. The second kappa shape index (κ2) is 6.96. The molecule has 1 saturated heterocycles. The Morgan fingerprint density at radius 3 is 2.56 bits per heavy atom. The molecule has 2 aliphatic rings. The van der Waals surface area contributed by atoms with E-state index in [1.165, 1.54) is 0 Å². The minimum atomic E-state index is 0.261. The Morgan fingerprint density at radius 1 is 1.16 bits per heavy atom. The lowest BCUT2D eigenvalue weighted by atomic mass is 10.1. The van der Waals surface area contributed by atoms with E-state index in [4.69, 9.17) is 0 Å². The summed E-state index contributed by atoms with van der Waals surface area (Å²) in [6.07, 6.45) is 4.15. The van der Waals surface area contributed by atoms with Gasteiger partial charge in [0.05, 0.1) is 6.67 Å². The zero-order chi connectivity index (χ0) is 17.2. The second-order valence-electron chi connectivity index (χ2n) is 7.16. The standard InChI is InChI=1S/C19H25N5O/c1-14-20-18(15-5-3-2-4-6-15)24(22-14)13-23-11-9-17(10-12-23)21-19(25)16-7-8-16/h2-6,16-17H,7-13H2,1H3,(H,21,25). The number of nitrogens with one attached hydrogen (secondary N) is 1. The minimum Gasteiger partial charge on any atom is -0.353 e. The number of hydrogen-bond donors (Lipinski definition) is 1. The van der Waals surface area contributed by atoms with Crippen LogP contribution in [0.5, 0.6) is 0 Å². The molecule has 1 saturated carbocycles. The van der Waals surface area contributed by atoms with Crippen molar-refractivity contribution in [1.82, 2.24) is 25.0 Å². The van der Waals surface area contributed by atoms with Crippen molar-refractivity contribution >= 4 is 5.91 Å². The smallest absolute Gasteiger partial charge is 0.223 e. The third kappa shape index (κ3) is 3.90. The fourth-order valence-corrected chi connectivity index (χ4v) is 3.43. The van der Waals surface area contributed by atoms with Gasteiger partial charge in [0.25, 0.3) is 0 Å². The van der Waals surface area contributed by atoms with Crippen molar-refractivity contribution in [3.63, 3.8) is 0 Å². The monoisotopic (exact) mass is 339 g/mol. The van der Waals surface area contributed by atoms with Crippen LogP contribution in [0.1, 0.15) is 31.5 Å². The first-order valence-electron chi connectivity index (χ1n) is 9.18. The van der Waals surface area contributed by atoms with E-state index in [1.54, 1.807) is 0 Å². The average molecular weight is 339 g/mol. The molecule has 1 N–H and O–H groups in total. The lowest BCUT2D eigenvalue weighted by molar-refractivity contribution is -0.123. The van der Waals surface area contributed by atoms with Crippen molar-refractivity contribution in [3.8, 4) is 11.4 Å². The largest absolute Gasteiger partial charge is 0.353 e. The van der Waals surface area contributed by atoms with Gasteiger partial charge >= 0.3 is 0 Å². The molecule has 1 aromatic heterocycles. The molecular formula is C19H25N5O. The summed E-state index contributed by atoms with van der Waals surface area (Å²) >= 11 is 0. The molecule has 2 aromatic rings. The van der Waals surface area contributed by atoms with Crippen molar-refractivity contribution in [2.45, 2.75) is 45.3 Å². The highest BCUT2D eigenvalue weighted by Gasteiger charge is 2.31. The van der Waals surface area contributed by atoms with E-state index in [0.717, 1.165) is 62.7 Å². The first-order valence-corrected chi connectivity index (χ1v) is 9.18. The van der Waals surface area contributed by atoms with Crippen molar-refractivity contribution in [3.05, 3.63) is 36.2 Å².